The molecule has 1 rings (SSSR count). The van der Waals surface area contributed by atoms with Gasteiger partial charge in [-0.2, -0.15) is 0 Å². The molecule has 0 aliphatic carbocycles. The van der Waals surface area contributed by atoms with E-state index in [1.54, 1.807) is 0 Å². The first-order valence-corrected chi connectivity index (χ1v) is 6.68. The first kappa shape index (κ1) is 15.5. The van der Waals surface area contributed by atoms with Gasteiger partial charge in [-0.15, -0.1) is 0 Å². The van der Waals surface area contributed by atoms with E-state index >= 15 is 0 Å². The summed E-state index contributed by atoms with van der Waals surface area (Å²) in [6.07, 6.45) is 2.62. The van der Waals surface area contributed by atoms with Gasteiger partial charge in [-0.3, -0.25) is 9.59 Å². The molecular formula is C14H18ClNO3. The Morgan fingerprint density at radius 3 is 2.42 bits per heavy atom. The molecule has 0 spiro atoms. The van der Waals surface area contributed by atoms with Crippen LogP contribution in [-0.4, -0.2) is 23.5 Å². The van der Waals surface area contributed by atoms with Gasteiger partial charge in [-0.25, -0.2) is 0 Å². The number of aryl methyl sites for hydroxylation is 1. The fourth-order valence-electron chi connectivity index (χ4n) is 1.66. The quantitative estimate of drug-likeness (QED) is 0.721. The second-order valence-corrected chi connectivity index (χ2v) is 4.76. The molecule has 1 aromatic carbocycles. The Hall–Kier alpha value is -1.55. The number of amides is 1. The molecular weight excluding hydrogens is 266 g/mol. The molecule has 0 atom stereocenters. The highest BCUT2D eigenvalue weighted by Crippen LogP contribution is 2.11. The van der Waals surface area contributed by atoms with E-state index in [2.05, 4.69) is 5.32 Å². The summed E-state index contributed by atoms with van der Waals surface area (Å²) in [5.74, 6) is -0.865. The summed E-state index contributed by atoms with van der Waals surface area (Å²) in [5, 5.41) is 11.9. The number of carbonyl (C=O) groups excluding carboxylic acids is 1. The zero-order valence-corrected chi connectivity index (χ0v) is 11.4. The van der Waals surface area contributed by atoms with E-state index in [0.29, 0.717) is 24.4 Å². The van der Waals surface area contributed by atoms with Gasteiger partial charge in [-0.05, 0) is 37.0 Å². The molecule has 0 unspecified atom stereocenters. The summed E-state index contributed by atoms with van der Waals surface area (Å²) >= 11 is 5.78. The minimum Gasteiger partial charge on any atom is -0.481 e. The van der Waals surface area contributed by atoms with Crippen LogP contribution in [-0.2, 0) is 16.0 Å². The molecule has 5 heteroatoms. The van der Waals surface area contributed by atoms with Gasteiger partial charge < -0.3 is 10.4 Å². The fraction of sp³-hybridized carbons (Fsp3) is 0.429. The number of halogens is 1. The molecule has 0 heterocycles. The van der Waals surface area contributed by atoms with Crippen LogP contribution in [0.4, 0.5) is 0 Å². The maximum Gasteiger partial charge on any atom is 0.303 e. The number of rotatable bonds is 8. The SMILES string of the molecule is O=C(O)CCCNC(=O)CCCc1ccc(Cl)cc1. The largest absolute Gasteiger partial charge is 0.481 e. The summed E-state index contributed by atoms with van der Waals surface area (Å²) in [6, 6.07) is 7.58. The normalized spacial score (nSPS) is 10.2. The van der Waals surface area contributed by atoms with Gasteiger partial charge in [0.2, 0.25) is 5.91 Å². The van der Waals surface area contributed by atoms with Gasteiger partial charge in [0.25, 0.3) is 0 Å². The van der Waals surface area contributed by atoms with Gasteiger partial charge in [0.15, 0.2) is 0 Å². The lowest BCUT2D eigenvalue weighted by Crippen LogP contribution is -2.24. The van der Waals surface area contributed by atoms with Crippen molar-refractivity contribution in [2.45, 2.75) is 32.1 Å². The molecule has 0 saturated heterocycles. The summed E-state index contributed by atoms with van der Waals surface area (Å²) in [4.78, 5) is 21.7. The van der Waals surface area contributed by atoms with Crippen molar-refractivity contribution in [1.82, 2.24) is 5.32 Å². The number of aliphatic carboxylic acids is 1. The Labute approximate surface area is 117 Å². The highest BCUT2D eigenvalue weighted by molar-refractivity contribution is 6.30. The van der Waals surface area contributed by atoms with Gasteiger partial charge in [0.05, 0.1) is 0 Å². The molecule has 0 aromatic heterocycles. The summed E-state index contributed by atoms with van der Waals surface area (Å²) in [5.41, 5.74) is 1.16. The van der Waals surface area contributed by atoms with Crippen LogP contribution in [0.3, 0.4) is 0 Å². The number of benzene rings is 1. The van der Waals surface area contributed by atoms with Crippen LogP contribution in [0.5, 0.6) is 0 Å². The molecule has 104 valence electrons. The van der Waals surface area contributed by atoms with Crippen molar-refractivity contribution in [3.05, 3.63) is 34.9 Å². The Morgan fingerprint density at radius 1 is 1.11 bits per heavy atom. The van der Waals surface area contributed by atoms with Crippen LogP contribution in [0.2, 0.25) is 5.02 Å². The van der Waals surface area contributed by atoms with Gasteiger partial charge >= 0.3 is 5.97 Å². The fourth-order valence-corrected chi connectivity index (χ4v) is 1.79. The number of carbonyl (C=O) groups is 2. The van der Waals surface area contributed by atoms with E-state index in [0.717, 1.165) is 18.4 Å². The van der Waals surface area contributed by atoms with Crippen LogP contribution in [0.1, 0.15) is 31.2 Å². The highest BCUT2D eigenvalue weighted by Gasteiger charge is 2.02. The standard InChI is InChI=1S/C14H18ClNO3/c15-12-8-6-11(7-9-12)3-1-4-13(17)16-10-2-5-14(18)19/h6-9H,1-5,10H2,(H,16,17)(H,18,19). The average molecular weight is 284 g/mol. The maximum atomic E-state index is 11.5. The average Bonchev–Trinajstić information content (AvgIpc) is 2.37. The van der Waals surface area contributed by atoms with Crippen LogP contribution in [0.25, 0.3) is 0 Å². The molecule has 0 aliphatic heterocycles. The number of carboxylic acids is 1. The molecule has 0 fully saturated rings. The molecule has 2 N–H and O–H groups in total. The third kappa shape index (κ3) is 7.47. The van der Waals surface area contributed by atoms with Crippen molar-refractivity contribution in [3.8, 4) is 0 Å². The lowest BCUT2D eigenvalue weighted by Gasteiger charge is -2.04. The summed E-state index contributed by atoms with van der Waals surface area (Å²) < 4.78 is 0. The van der Waals surface area contributed by atoms with Gasteiger partial charge in [0, 0.05) is 24.4 Å². The molecule has 0 radical (unpaired) electrons. The molecule has 0 aliphatic rings. The second-order valence-electron chi connectivity index (χ2n) is 4.33. The van der Waals surface area contributed by atoms with Crippen molar-refractivity contribution in [1.29, 1.82) is 0 Å². The number of carboxylic acid groups (broad SMARTS) is 1. The lowest BCUT2D eigenvalue weighted by molar-refractivity contribution is -0.137. The predicted octanol–water partition coefficient (Wildman–Crippen LogP) is 2.64. The number of nitrogens with one attached hydrogen (secondary N) is 1. The Bertz CT molecular complexity index is 417. The molecule has 19 heavy (non-hydrogen) atoms. The Balaban J connectivity index is 2.10. The topological polar surface area (TPSA) is 66.4 Å². The van der Waals surface area contributed by atoms with E-state index < -0.39 is 5.97 Å². The Kier molecular flexibility index (Phi) is 6.97. The van der Waals surface area contributed by atoms with E-state index in [-0.39, 0.29) is 12.3 Å². The first-order valence-electron chi connectivity index (χ1n) is 6.31. The van der Waals surface area contributed by atoms with Crippen molar-refractivity contribution in [2.24, 2.45) is 0 Å². The van der Waals surface area contributed by atoms with E-state index in [9.17, 15) is 9.59 Å². The minimum atomic E-state index is -0.836. The summed E-state index contributed by atoms with van der Waals surface area (Å²) in [6.45, 7) is 0.423. The molecule has 1 aromatic rings. The molecule has 0 saturated carbocycles. The summed E-state index contributed by atoms with van der Waals surface area (Å²) in [7, 11) is 0. The zero-order valence-electron chi connectivity index (χ0n) is 10.7. The third-order valence-corrected chi connectivity index (χ3v) is 2.92. The number of hydrogen-bond donors (Lipinski definition) is 2. The van der Waals surface area contributed by atoms with Crippen LogP contribution in [0.15, 0.2) is 24.3 Å². The third-order valence-electron chi connectivity index (χ3n) is 2.67. The van der Waals surface area contributed by atoms with Crippen LogP contribution in [0, 0.1) is 0 Å². The smallest absolute Gasteiger partial charge is 0.303 e. The second kappa shape index (κ2) is 8.53. The van der Waals surface area contributed by atoms with Gasteiger partial charge in [-0.1, -0.05) is 23.7 Å². The van der Waals surface area contributed by atoms with E-state index in [1.807, 2.05) is 24.3 Å². The molecule has 0 bridgehead atoms. The minimum absolute atomic E-state index is 0.0284. The van der Waals surface area contributed by atoms with Crippen LogP contribution >= 0.6 is 11.6 Å². The number of hydrogen-bond acceptors (Lipinski definition) is 2. The van der Waals surface area contributed by atoms with Crippen molar-refractivity contribution in [2.75, 3.05) is 6.54 Å². The predicted molar refractivity (Wildman–Crippen MR) is 74.3 cm³/mol. The monoisotopic (exact) mass is 283 g/mol. The van der Waals surface area contributed by atoms with Crippen molar-refractivity contribution in [3.63, 3.8) is 0 Å². The zero-order chi connectivity index (χ0) is 14.1. The maximum absolute atomic E-state index is 11.5. The highest BCUT2D eigenvalue weighted by atomic mass is 35.5. The molecule has 4 nitrogen and oxygen atoms in total. The van der Waals surface area contributed by atoms with Gasteiger partial charge in [0.1, 0.15) is 0 Å². The molecule has 1 amide bonds. The van der Waals surface area contributed by atoms with Crippen molar-refractivity contribution >= 4 is 23.5 Å². The Morgan fingerprint density at radius 2 is 1.79 bits per heavy atom. The van der Waals surface area contributed by atoms with Crippen molar-refractivity contribution < 1.29 is 14.7 Å². The van der Waals surface area contributed by atoms with Crippen LogP contribution < -0.4 is 5.32 Å². The first-order chi connectivity index (χ1) is 9.08. The van der Waals surface area contributed by atoms with E-state index in [4.69, 9.17) is 16.7 Å². The van der Waals surface area contributed by atoms with E-state index in [1.165, 1.54) is 0 Å². The lowest BCUT2D eigenvalue weighted by atomic mass is 10.1.